The number of carbonyl (C=O) groups excluding carboxylic acids is 1. The number of hydrogen-bond donors (Lipinski definition) is 1. The van der Waals surface area contributed by atoms with Gasteiger partial charge in [-0.3, -0.25) is 9.69 Å². The molecule has 0 radical (unpaired) electrons. The van der Waals surface area contributed by atoms with E-state index in [1.165, 1.54) is 48.3 Å². The fraction of sp³-hybridized carbons (Fsp3) is 0.680. The summed E-state index contributed by atoms with van der Waals surface area (Å²) >= 11 is 0. The Balaban J connectivity index is 0.000000328. The first-order valence-corrected chi connectivity index (χ1v) is 11.8. The summed E-state index contributed by atoms with van der Waals surface area (Å²) in [4.78, 5) is 16.5. The number of nitrogens with zero attached hydrogens (tertiary/aromatic N) is 4. The smallest absolute Gasteiger partial charge is 0.210 e. The standard InChI is InChI=1S/C15H24FN3.C7H12N2O.C3H6/c1-12(17)9-18(2)15-7-8-19(11-15)10-13-3-5-14(16)6-4-13;1-3-4-9(6-10)7(2)5-8;1-2-3-1/h3-6,12,15H,7-11,17H2,1-2H3;6-7H,3-4H2,1-2H3;1-3H2. The zero-order valence-corrected chi connectivity index (χ0v) is 20.3. The lowest BCUT2D eigenvalue weighted by molar-refractivity contribution is -0.119. The van der Waals surface area contributed by atoms with E-state index in [1.54, 1.807) is 6.92 Å². The fourth-order valence-electron chi connectivity index (χ4n) is 3.44. The summed E-state index contributed by atoms with van der Waals surface area (Å²) < 4.78 is 12.9. The third-order valence-electron chi connectivity index (χ3n) is 5.42. The summed E-state index contributed by atoms with van der Waals surface area (Å²) in [5.41, 5.74) is 7.02. The zero-order chi connectivity index (χ0) is 23.9. The molecule has 2 fully saturated rings. The second-order valence-corrected chi connectivity index (χ2v) is 8.93. The normalized spacial score (nSPS) is 19.0. The molecule has 1 saturated heterocycles. The van der Waals surface area contributed by atoms with E-state index in [1.807, 2.05) is 32.0 Å². The number of amides is 1. The Bertz CT molecular complexity index is 671. The lowest BCUT2D eigenvalue weighted by atomic mass is 10.2. The molecule has 6 nitrogen and oxygen atoms in total. The average molecular weight is 448 g/mol. The Morgan fingerprint density at radius 3 is 2.38 bits per heavy atom. The number of rotatable bonds is 9. The molecule has 3 rings (SSSR count). The van der Waals surface area contributed by atoms with Gasteiger partial charge in [0.15, 0.2) is 0 Å². The maximum absolute atomic E-state index is 12.9. The van der Waals surface area contributed by atoms with E-state index in [9.17, 15) is 9.18 Å². The van der Waals surface area contributed by atoms with E-state index < -0.39 is 0 Å². The van der Waals surface area contributed by atoms with E-state index in [-0.39, 0.29) is 17.9 Å². The number of halogens is 1. The van der Waals surface area contributed by atoms with Crippen molar-refractivity contribution in [1.29, 1.82) is 5.26 Å². The van der Waals surface area contributed by atoms with Crippen LogP contribution in [0.3, 0.4) is 0 Å². The lowest BCUT2D eigenvalue weighted by Gasteiger charge is -2.26. The third-order valence-corrected chi connectivity index (χ3v) is 5.42. The monoisotopic (exact) mass is 447 g/mol. The van der Waals surface area contributed by atoms with Gasteiger partial charge in [-0.25, -0.2) is 4.39 Å². The van der Waals surface area contributed by atoms with Crippen LogP contribution in [0, 0.1) is 17.1 Å². The van der Waals surface area contributed by atoms with Crippen molar-refractivity contribution in [2.45, 2.75) is 77.5 Å². The van der Waals surface area contributed by atoms with Gasteiger partial charge in [0.25, 0.3) is 0 Å². The Morgan fingerprint density at radius 1 is 1.28 bits per heavy atom. The maximum atomic E-state index is 12.9. The highest BCUT2D eigenvalue weighted by atomic mass is 19.1. The second-order valence-electron chi connectivity index (χ2n) is 8.93. The van der Waals surface area contributed by atoms with Crippen LogP contribution in [0.25, 0.3) is 0 Å². The Kier molecular flexibility index (Phi) is 13.8. The summed E-state index contributed by atoms with van der Waals surface area (Å²) in [7, 11) is 2.15. The Labute approximate surface area is 194 Å². The molecule has 0 bridgehead atoms. The van der Waals surface area contributed by atoms with Crippen molar-refractivity contribution in [3.05, 3.63) is 35.6 Å². The summed E-state index contributed by atoms with van der Waals surface area (Å²) in [5, 5.41) is 8.41. The van der Waals surface area contributed by atoms with Gasteiger partial charge in [-0.05, 0) is 51.4 Å². The molecule has 1 aliphatic heterocycles. The van der Waals surface area contributed by atoms with E-state index in [2.05, 4.69) is 16.8 Å². The van der Waals surface area contributed by atoms with Crippen LogP contribution in [0.15, 0.2) is 24.3 Å². The fourth-order valence-corrected chi connectivity index (χ4v) is 3.44. The molecule has 0 spiro atoms. The molecule has 1 aliphatic carbocycles. The van der Waals surface area contributed by atoms with Crippen molar-refractivity contribution in [2.24, 2.45) is 5.73 Å². The minimum Gasteiger partial charge on any atom is -0.330 e. The molecule has 7 heteroatoms. The van der Waals surface area contributed by atoms with Crippen molar-refractivity contribution < 1.29 is 9.18 Å². The number of likely N-dealkylation sites (N-methyl/N-ethyl adjacent to an activating group) is 1. The van der Waals surface area contributed by atoms with Crippen LogP contribution < -0.4 is 5.73 Å². The van der Waals surface area contributed by atoms with Gasteiger partial charge in [-0.15, -0.1) is 0 Å². The molecule has 1 aromatic carbocycles. The van der Waals surface area contributed by atoms with E-state index in [0.29, 0.717) is 12.6 Å². The number of carbonyl (C=O) groups is 1. The lowest BCUT2D eigenvalue weighted by Crippen LogP contribution is -2.41. The van der Waals surface area contributed by atoms with Crippen LogP contribution in [0.2, 0.25) is 0 Å². The van der Waals surface area contributed by atoms with Crippen LogP contribution in [0.5, 0.6) is 0 Å². The number of nitriles is 1. The molecular formula is C25H42FN5O. The van der Waals surface area contributed by atoms with E-state index in [0.717, 1.165) is 39.0 Å². The second kappa shape index (κ2) is 15.7. The molecule has 1 amide bonds. The molecule has 0 aromatic heterocycles. The van der Waals surface area contributed by atoms with E-state index in [4.69, 9.17) is 11.0 Å². The maximum Gasteiger partial charge on any atom is 0.210 e. The van der Waals surface area contributed by atoms with Gasteiger partial charge in [0.05, 0.1) is 6.07 Å². The number of benzene rings is 1. The van der Waals surface area contributed by atoms with Crippen molar-refractivity contribution in [3.63, 3.8) is 0 Å². The van der Waals surface area contributed by atoms with Gasteiger partial charge in [0.2, 0.25) is 6.41 Å². The third kappa shape index (κ3) is 12.1. The average Bonchev–Trinajstić information content (AvgIpc) is 3.59. The predicted octanol–water partition coefficient (Wildman–Crippen LogP) is 3.62. The SMILES string of the molecule is C1CC1.CC(N)CN(C)C1CCN(Cc2ccc(F)cc2)C1.CCCN(C=O)C(C)C#N. The predicted molar refractivity (Wildman–Crippen MR) is 128 cm³/mol. The van der Waals surface area contributed by atoms with Gasteiger partial charge in [0.1, 0.15) is 11.9 Å². The van der Waals surface area contributed by atoms with E-state index >= 15 is 0 Å². The molecule has 1 heterocycles. The number of nitrogens with two attached hydrogens (primary N) is 1. The molecule has 1 saturated carbocycles. The molecular weight excluding hydrogens is 405 g/mol. The van der Waals surface area contributed by atoms with Crippen LogP contribution in [0.1, 0.15) is 58.4 Å². The van der Waals surface area contributed by atoms with Crippen molar-refractivity contribution in [3.8, 4) is 6.07 Å². The van der Waals surface area contributed by atoms with Gasteiger partial charge >= 0.3 is 0 Å². The quantitative estimate of drug-likeness (QED) is 0.585. The van der Waals surface area contributed by atoms with Gasteiger partial charge in [-0.2, -0.15) is 5.26 Å². The first-order chi connectivity index (χ1) is 15.3. The first kappa shape index (κ1) is 28.0. The topological polar surface area (TPSA) is 76.6 Å². The highest BCUT2D eigenvalue weighted by Crippen LogP contribution is 2.17. The Morgan fingerprint density at radius 2 is 1.91 bits per heavy atom. The highest BCUT2D eigenvalue weighted by Gasteiger charge is 2.25. The van der Waals surface area contributed by atoms with Crippen LogP contribution in [-0.4, -0.2) is 72.5 Å². The largest absolute Gasteiger partial charge is 0.330 e. The molecule has 3 atom stereocenters. The van der Waals surface area contributed by atoms with Gasteiger partial charge < -0.3 is 15.5 Å². The van der Waals surface area contributed by atoms with Crippen LogP contribution in [-0.2, 0) is 11.3 Å². The van der Waals surface area contributed by atoms with Gasteiger partial charge in [-0.1, -0.05) is 38.3 Å². The Hall–Kier alpha value is -2.01. The molecule has 2 aliphatic rings. The minimum absolute atomic E-state index is 0.167. The van der Waals surface area contributed by atoms with Crippen LogP contribution in [0.4, 0.5) is 4.39 Å². The summed E-state index contributed by atoms with van der Waals surface area (Å²) in [5.74, 6) is -0.167. The molecule has 1 aromatic rings. The summed E-state index contributed by atoms with van der Waals surface area (Å²) in [6.45, 7) is 10.4. The number of likely N-dealkylation sites (tertiary alicyclic amines) is 1. The minimum atomic E-state index is -0.294. The molecule has 180 valence electrons. The summed E-state index contributed by atoms with van der Waals surface area (Å²) in [6, 6.07) is 9.31. The molecule has 3 unspecified atom stereocenters. The zero-order valence-electron chi connectivity index (χ0n) is 20.3. The first-order valence-electron chi connectivity index (χ1n) is 11.8. The van der Waals surface area contributed by atoms with Crippen LogP contribution >= 0.6 is 0 Å². The molecule has 32 heavy (non-hydrogen) atoms. The summed E-state index contributed by atoms with van der Waals surface area (Å²) in [6.07, 6.45) is 7.30. The van der Waals surface area contributed by atoms with Crippen molar-refractivity contribution in [1.82, 2.24) is 14.7 Å². The molecule has 2 N–H and O–H groups in total. The number of hydrogen-bond acceptors (Lipinski definition) is 5. The van der Waals surface area contributed by atoms with Crippen molar-refractivity contribution >= 4 is 6.41 Å². The van der Waals surface area contributed by atoms with Crippen molar-refractivity contribution in [2.75, 3.05) is 33.2 Å². The highest BCUT2D eigenvalue weighted by molar-refractivity contribution is 5.48. The van der Waals surface area contributed by atoms with Gasteiger partial charge in [0, 0.05) is 44.8 Å².